The van der Waals surface area contributed by atoms with Gasteiger partial charge < -0.3 is 11.1 Å². The number of nitrogens with zero attached hydrogens (tertiary/aromatic N) is 3. The summed E-state index contributed by atoms with van der Waals surface area (Å²) in [4.78, 5) is 9.06. The quantitative estimate of drug-likeness (QED) is 0.427. The van der Waals surface area contributed by atoms with Crippen LogP contribution in [-0.2, 0) is 4.79 Å². The molecule has 2 aromatic carbocycles. The highest BCUT2D eigenvalue weighted by Crippen LogP contribution is 2.28. The number of nitrogen functional groups attached to an aromatic ring is 1. The molecule has 28 heavy (non-hydrogen) atoms. The first-order chi connectivity index (χ1) is 13.7. The molecule has 1 amide bonds. The van der Waals surface area contributed by atoms with Gasteiger partial charge in [0.05, 0.1) is 23.3 Å². The molecule has 0 radical (unpaired) electrons. The van der Waals surface area contributed by atoms with E-state index in [4.69, 9.17) is 15.8 Å². The second kappa shape index (κ2) is 8.52. The minimum absolute atomic E-state index is 0.625. The highest BCUT2D eigenvalue weighted by atomic mass is 16.1. The Hall–Kier alpha value is -4.11. The second-order valence-corrected chi connectivity index (χ2v) is 6.02. The number of fused-ring (bicyclic) bond motifs is 1. The Morgan fingerprint density at radius 3 is 2.29 bits per heavy atom. The van der Waals surface area contributed by atoms with Crippen molar-refractivity contribution in [2.24, 2.45) is 0 Å². The lowest BCUT2D eigenvalue weighted by atomic mass is 10.0. The number of anilines is 1. The summed E-state index contributed by atoms with van der Waals surface area (Å²) in [5.41, 5.74) is 12.5. The largest absolute Gasteiger partial charge is 0.399 e. The topological polar surface area (TPSA) is 96.2 Å². The van der Waals surface area contributed by atoms with Crippen LogP contribution in [0.4, 0.5) is 5.69 Å². The summed E-state index contributed by atoms with van der Waals surface area (Å²) in [6.07, 6.45) is 4.44. The predicted molar refractivity (Wildman–Crippen MR) is 110 cm³/mol. The summed E-state index contributed by atoms with van der Waals surface area (Å²) in [6, 6.07) is 21.6. The Kier molecular flexibility index (Phi) is 5.68. The van der Waals surface area contributed by atoms with Crippen molar-refractivity contribution < 1.29 is 4.79 Å². The Morgan fingerprint density at radius 2 is 1.68 bits per heavy atom. The van der Waals surface area contributed by atoms with Gasteiger partial charge in [0.25, 0.3) is 0 Å². The fourth-order valence-corrected chi connectivity index (χ4v) is 2.78. The Balaban J connectivity index is 0.000000516. The number of benzene rings is 2. The molecule has 4 aromatic rings. The van der Waals surface area contributed by atoms with E-state index in [0.29, 0.717) is 12.0 Å². The minimum atomic E-state index is 0.625. The van der Waals surface area contributed by atoms with Gasteiger partial charge in [0.2, 0.25) is 6.41 Å². The summed E-state index contributed by atoms with van der Waals surface area (Å²) < 4.78 is 1.86. The van der Waals surface area contributed by atoms with Crippen molar-refractivity contribution in [3.8, 4) is 28.3 Å². The highest BCUT2D eigenvalue weighted by molar-refractivity contribution is 5.83. The first-order valence-electron chi connectivity index (χ1n) is 8.61. The average Bonchev–Trinajstić information content (AvgIpc) is 3.18. The number of nitriles is 1. The number of nitrogens with two attached hydrogens (primary N) is 1. The van der Waals surface area contributed by atoms with Crippen molar-refractivity contribution >= 4 is 17.6 Å². The van der Waals surface area contributed by atoms with Crippen LogP contribution in [0.2, 0.25) is 0 Å². The number of nitrogens with one attached hydrogen (secondary N) is 1. The van der Waals surface area contributed by atoms with Crippen molar-refractivity contribution in [2.75, 3.05) is 12.8 Å². The molecule has 0 atom stereocenters. The third-order valence-electron chi connectivity index (χ3n) is 4.21. The van der Waals surface area contributed by atoms with Gasteiger partial charge in [0.1, 0.15) is 0 Å². The van der Waals surface area contributed by atoms with E-state index in [0.717, 1.165) is 33.5 Å². The molecule has 2 heterocycles. The fourth-order valence-electron chi connectivity index (χ4n) is 2.78. The lowest BCUT2D eigenvalue weighted by Crippen LogP contribution is -1.98. The molecule has 0 aliphatic rings. The number of rotatable bonds is 3. The van der Waals surface area contributed by atoms with E-state index in [1.807, 2.05) is 71.5 Å². The molecule has 4 rings (SSSR count). The van der Waals surface area contributed by atoms with Gasteiger partial charge in [0, 0.05) is 24.5 Å². The van der Waals surface area contributed by atoms with Crippen molar-refractivity contribution in [3.05, 3.63) is 78.6 Å². The number of aromatic nitrogens is 2. The summed E-state index contributed by atoms with van der Waals surface area (Å²) in [5, 5.41) is 15.6. The van der Waals surface area contributed by atoms with E-state index in [-0.39, 0.29) is 0 Å². The van der Waals surface area contributed by atoms with Crippen LogP contribution >= 0.6 is 0 Å². The number of hydrogen-bond acceptors (Lipinski definition) is 4. The third kappa shape index (κ3) is 4.00. The standard InChI is InChI=1S/C20H14N4.C2H5NO/c21-12-14-1-3-15(4-2-14)17-9-10-24-20(11-17)19(13-23-24)16-5-7-18(22)8-6-16;1-3-2-4/h1-11,13H,22H2;2H,1H3,(H,3,4). The van der Waals surface area contributed by atoms with E-state index in [1.165, 1.54) is 0 Å². The van der Waals surface area contributed by atoms with Crippen LogP contribution in [-0.4, -0.2) is 23.1 Å². The molecule has 6 heteroatoms. The molecule has 138 valence electrons. The minimum Gasteiger partial charge on any atom is -0.399 e. The van der Waals surface area contributed by atoms with Gasteiger partial charge >= 0.3 is 0 Å². The maximum atomic E-state index is 9.06. The molecule has 0 unspecified atom stereocenters. The Morgan fingerprint density at radius 1 is 1.04 bits per heavy atom. The van der Waals surface area contributed by atoms with Crippen LogP contribution in [0.3, 0.4) is 0 Å². The zero-order chi connectivity index (χ0) is 19.9. The van der Waals surface area contributed by atoms with Gasteiger partial charge in [-0.25, -0.2) is 4.52 Å². The van der Waals surface area contributed by atoms with Gasteiger partial charge in [-0.3, -0.25) is 4.79 Å². The van der Waals surface area contributed by atoms with E-state index in [1.54, 1.807) is 7.05 Å². The number of hydrogen-bond donors (Lipinski definition) is 2. The van der Waals surface area contributed by atoms with E-state index < -0.39 is 0 Å². The van der Waals surface area contributed by atoms with E-state index >= 15 is 0 Å². The van der Waals surface area contributed by atoms with Crippen molar-refractivity contribution in [1.82, 2.24) is 14.9 Å². The third-order valence-corrected chi connectivity index (χ3v) is 4.21. The first-order valence-corrected chi connectivity index (χ1v) is 8.61. The maximum Gasteiger partial charge on any atom is 0.206 e. The van der Waals surface area contributed by atoms with Crippen LogP contribution in [0.5, 0.6) is 0 Å². The van der Waals surface area contributed by atoms with Gasteiger partial charge in [0.15, 0.2) is 0 Å². The zero-order valence-electron chi connectivity index (χ0n) is 15.3. The van der Waals surface area contributed by atoms with E-state index in [9.17, 15) is 0 Å². The molecule has 0 aliphatic carbocycles. The molecular weight excluding hydrogens is 350 g/mol. The Labute approximate surface area is 162 Å². The maximum absolute atomic E-state index is 9.06. The molecule has 2 aromatic heterocycles. The van der Waals surface area contributed by atoms with Crippen LogP contribution in [0.1, 0.15) is 5.56 Å². The predicted octanol–water partition coefficient (Wildman–Crippen LogP) is 3.48. The molecule has 6 nitrogen and oxygen atoms in total. The highest BCUT2D eigenvalue weighted by Gasteiger charge is 2.08. The molecule has 0 fully saturated rings. The van der Waals surface area contributed by atoms with Gasteiger partial charge in [-0.05, 0) is 53.1 Å². The molecule has 0 saturated carbocycles. The normalized spacial score (nSPS) is 9.86. The van der Waals surface area contributed by atoms with Gasteiger partial charge in [-0.1, -0.05) is 24.3 Å². The summed E-state index contributed by atoms with van der Waals surface area (Å²) in [7, 11) is 1.56. The van der Waals surface area contributed by atoms with Crippen LogP contribution in [0, 0.1) is 11.3 Å². The summed E-state index contributed by atoms with van der Waals surface area (Å²) in [5.74, 6) is 0. The lowest BCUT2D eigenvalue weighted by molar-refractivity contribution is -0.109. The van der Waals surface area contributed by atoms with Crippen LogP contribution in [0.25, 0.3) is 27.8 Å². The average molecular weight is 369 g/mol. The molecule has 0 saturated heterocycles. The number of amides is 1. The van der Waals surface area contributed by atoms with Crippen molar-refractivity contribution in [1.29, 1.82) is 5.26 Å². The Bertz CT molecular complexity index is 1120. The molecule has 0 spiro atoms. The van der Waals surface area contributed by atoms with Crippen LogP contribution in [0.15, 0.2) is 73.1 Å². The lowest BCUT2D eigenvalue weighted by Gasteiger charge is -2.05. The monoisotopic (exact) mass is 369 g/mol. The summed E-state index contributed by atoms with van der Waals surface area (Å²) >= 11 is 0. The van der Waals surface area contributed by atoms with Crippen LogP contribution < -0.4 is 11.1 Å². The molecule has 0 aliphatic heterocycles. The molecular formula is C22H19N5O. The zero-order valence-corrected chi connectivity index (χ0v) is 15.3. The van der Waals surface area contributed by atoms with Gasteiger partial charge in [-0.2, -0.15) is 10.4 Å². The fraction of sp³-hybridized carbons (Fsp3) is 0.0455. The van der Waals surface area contributed by atoms with E-state index in [2.05, 4.69) is 22.6 Å². The molecule has 3 N–H and O–H groups in total. The first kappa shape index (κ1) is 18.7. The number of carbonyl (C=O) groups is 1. The molecule has 0 bridgehead atoms. The number of carbonyl (C=O) groups excluding carboxylic acids is 1. The van der Waals surface area contributed by atoms with Crippen molar-refractivity contribution in [3.63, 3.8) is 0 Å². The SMILES string of the molecule is CNC=O.N#Cc1ccc(-c2ccn3ncc(-c4ccc(N)cc4)c3c2)cc1. The number of pyridine rings is 1. The van der Waals surface area contributed by atoms with Crippen molar-refractivity contribution in [2.45, 2.75) is 0 Å². The smallest absolute Gasteiger partial charge is 0.206 e. The van der Waals surface area contributed by atoms with Gasteiger partial charge in [-0.15, -0.1) is 0 Å². The summed E-state index contributed by atoms with van der Waals surface area (Å²) in [6.45, 7) is 0. The second-order valence-electron chi connectivity index (χ2n) is 6.02.